The second-order valence-electron chi connectivity index (χ2n) is 7.16. The van der Waals surface area contributed by atoms with Crippen molar-refractivity contribution in [1.82, 2.24) is 4.90 Å². The molecule has 1 aromatic rings. The molecule has 8 heteroatoms. The molecule has 0 saturated carbocycles. The Hall–Kier alpha value is -2.32. The van der Waals surface area contributed by atoms with Gasteiger partial charge in [-0.1, -0.05) is 18.2 Å². The molecule has 0 spiro atoms. The maximum absolute atomic E-state index is 12.3. The lowest BCUT2D eigenvalue weighted by Crippen LogP contribution is -2.44. The van der Waals surface area contributed by atoms with Crippen LogP contribution in [0.2, 0.25) is 0 Å². The van der Waals surface area contributed by atoms with Crippen molar-refractivity contribution in [3.05, 3.63) is 42.5 Å². The summed E-state index contributed by atoms with van der Waals surface area (Å²) in [5.74, 6) is -2.59. The van der Waals surface area contributed by atoms with E-state index < -0.39 is 11.9 Å². The SMILES string of the molecule is CC(Sc1ccccc1)C(=O)OC1CC2CCC(C1)N2C.O=C(O)/C=C\C(=O)O. The second-order valence-corrected chi connectivity index (χ2v) is 8.58. The minimum absolute atomic E-state index is 0.0715. The van der Waals surface area contributed by atoms with Crippen LogP contribution in [-0.2, 0) is 19.1 Å². The number of hydrogen-bond donors (Lipinski definition) is 2. The van der Waals surface area contributed by atoms with Gasteiger partial charge < -0.3 is 19.8 Å². The lowest BCUT2D eigenvalue weighted by Gasteiger charge is -2.36. The molecule has 3 rings (SSSR count). The molecule has 158 valence electrons. The fraction of sp³-hybridized carbons (Fsp3) is 0.476. The molecule has 29 heavy (non-hydrogen) atoms. The Labute approximate surface area is 174 Å². The van der Waals surface area contributed by atoms with Crippen LogP contribution in [-0.4, -0.2) is 63.5 Å². The number of carboxylic acid groups (broad SMARTS) is 2. The van der Waals surface area contributed by atoms with Gasteiger partial charge in [-0.3, -0.25) is 4.79 Å². The number of rotatable bonds is 6. The summed E-state index contributed by atoms with van der Waals surface area (Å²) in [5, 5.41) is 15.5. The molecule has 0 radical (unpaired) electrons. The quantitative estimate of drug-likeness (QED) is 0.410. The molecule has 2 bridgehead atoms. The van der Waals surface area contributed by atoms with E-state index >= 15 is 0 Å². The molecule has 2 heterocycles. The molecule has 2 N–H and O–H groups in total. The monoisotopic (exact) mass is 421 g/mol. The number of thioether (sulfide) groups is 1. The van der Waals surface area contributed by atoms with Crippen molar-refractivity contribution in [1.29, 1.82) is 0 Å². The summed E-state index contributed by atoms with van der Waals surface area (Å²) < 4.78 is 5.77. The highest BCUT2D eigenvalue weighted by Gasteiger charge is 2.40. The molecule has 0 aromatic heterocycles. The number of benzene rings is 1. The molecular formula is C21H27NO6S. The third kappa shape index (κ3) is 7.55. The zero-order valence-electron chi connectivity index (χ0n) is 16.6. The van der Waals surface area contributed by atoms with E-state index in [4.69, 9.17) is 14.9 Å². The maximum Gasteiger partial charge on any atom is 0.328 e. The largest absolute Gasteiger partial charge is 0.478 e. The molecule has 2 aliphatic rings. The van der Waals surface area contributed by atoms with E-state index in [-0.39, 0.29) is 17.3 Å². The van der Waals surface area contributed by atoms with Crippen LogP contribution in [0.5, 0.6) is 0 Å². The van der Waals surface area contributed by atoms with Gasteiger partial charge in [0.05, 0.1) is 0 Å². The van der Waals surface area contributed by atoms with Gasteiger partial charge in [0.2, 0.25) is 0 Å². The van der Waals surface area contributed by atoms with Crippen molar-refractivity contribution in [2.75, 3.05) is 7.05 Å². The Bertz CT molecular complexity index is 708. The predicted molar refractivity (Wildman–Crippen MR) is 110 cm³/mol. The van der Waals surface area contributed by atoms with Crippen LogP contribution in [0.15, 0.2) is 47.4 Å². The lowest BCUT2D eigenvalue weighted by atomic mass is 10.0. The Balaban J connectivity index is 0.000000321. The van der Waals surface area contributed by atoms with Crippen LogP contribution in [0.3, 0.4) is 0 Å². The van der Waals surface area contributed by atoms with Crippen molar-refractivity contribution in [2.24, 2.45) is 0 Å². The zero-order valence-corrected chi connectivity index (χ0v) is 17.4. The molecule has 2 fully saturated rings. The third-order valence-corrected chi connectivity index (χ3v) is 6.18. The lowest BCUT2D eigenvalue weighted by molar-refractivity contribution is -0.151. The van der Waals surface area contributed by atoms with E-state index in [9.17, 15) is 14.4 Å². The summed E-state index contributed by atoms with van der Waals surface area (Å²) in [6, 6.07) is 11.3. The fourth-order valence-corrected chi connectivity index (χ4v) is 4.49. The van der Waals surface area contributed by atoms with E-state index in [2.05, 4.69) is 11.9 Å². The zero-order chi connectivity index (χ0) is 21.4. The van der Waals surface area contributed by atoms with Gasteiger partial charge in [0.1, 0.15) is 11.4 Å². The Morgan fingerprint density at radius 3 is 2.07 bits per heavy atom. The van der Waals surface area contributed by atoms with E-state index in [1.807, 2.05) is 37.3 Å². The molecule has 2 saturated heterocycles. The number of esters is 1. The number of nitrogens with zero attached hydrogens (tertiary/aromatic N) is 1. The van der Waals surface area contributed by atoms with Gasteiger partial charge >= 0.3 is 17.9 Å². The molecular weight excluding hydrogens is 394 g/mol. The number of carboxylic acids is 2. The van der Waals surface area contributed by atoms with Gasteiger partial charge in [0, 0.05) is 29.1 Å². The number of carbonyl (C=O) groups excluding carboxylic acids is 1. The number of hydrogen-bond acceptors (Lipinski definition) is 6. The molecule has 1 aromatic carbocycles. The third-order valence-electron chi connectivity index (χ3n) is 5.09. The molecule has 3 atom stereocenters. The summed E-state index contributed by atoms with van der Waals surface area (Å²) in [6.45, 7) is 1.93. The van der Waals surface area contributed by atoms with E-state index in [1.165, 1.54) is 12.8 Å². The minimum Gasteiger partial charge on any atom is -0.478 e. The van der Waals surface area contributed by atoms with Gasteiger partial charge in [-0.15, -0.1) is 11.8 Å². The Morgan fingerprint density at radius 2 is 1.59 bits per heavy atom. The summed E-state index contributed by atoms with van der Waals surface area (Å²) in [6.07, 6.45) is 5.74. The molecule has 7 nitrogen and oxygen atoms in total. The standard InChI is InChI=1S/C17H23NO2S.C4H4O4/c1-12(21-16-6-4-3-5-7-16)17(19)20-15-10-13-8-9-14(11-15)18(13)2;5-3(6)1-2-4(7)8/h3-7,12-15H,8-11H2,1-2H3;1-2H,(H,5,6)(H,7,8)/b;2-1-. The number of carbonyl (C=O) groups is 3. The van der Waals surface area contributed by atoms with E-state index in [0.29, 0.717) is 24.2 Å². The van der Waals surface area contributed by atoms with Crippen molar-refractivity contribution in [3.63, 3.8) is 0 Å². The Kier molecular flexibility index (Phi) is 8.72. The van der Waals surface area contributed by atoms with Crippen molar-refractivity contribution in [2.45, 2.75) is 60.9 Å². The highest BCUT2D eigenvalue weighted by Crippen LogP contribution is 2.36. The van der Waals surface area contributed by atoms with Crippen LogP contribution in [0.1, 0.15) is 32.6 Å². The summed E-state index contributed by atoms with van der Waals surface area (Å²) >= 11 is 1.57. The fourth-order valence-electron chi connectivity index (χ4n) is 3.61. The maximum atomic E-state index is 12.3. The number of aliphatic carboxylic acids is 2. The first-order valence-electron chi connectivity index (χ1n) is 9.54. The molecule has 3 unspecified atom stereocenters. The van der Waals surface area contributed by atoms with Gasteiger partial charge in [0.25, 0.3) is 0 Å². The molecule has 0 amide bonds. The van der Waals surface area contributed by atoms with Crippen molar-refractivity contribution >= 4 is 29.7 Å². The first-order chi connectivity index (χ1) is 13.8. The molecule has 0 aliphatic carbocycles. The number of piperidine rings is 1. The molecule has 2 aliphatic heterocycles. The minimum atomic E-state index is -1.26. The van der Waals surface area contributed by atoms with E-state index in [1.54, 1.807) is 11.8 Å². The van der Waals surface area contributed by atoms with Gasteiger partial charge in [-0.25, -0.2) is 9.59 Å². The summed E-state index contributed by atoms with van der Waals surface area (Å²) in [5.41, 5.74) is 0. The Morgan fingerprint density at radius 1 is 1.07 bits per heavy atom. The summed E-state index contributed by atoms with van der Waals surface area (Å²) in [7, 11) is 2.20. The van der Waals surface area contributed by atoms with Crippen LogP contribution in [0.25, 0.3) is 0 Å². The van der Waals surface area contributed by atoms with Gasteiger partial charge in [0.15, 0.2) is 0 Å². The highest BCUT2D eigenvalue weighted by molar-refractivity contribution is 8.00. The van der Waals surface area contributed by atoms with Gasteiger partial charge in [-0.05, 0) is 51.8 Å². The van der Waals surface area contributed by atoms with Crippen LogP contribution >= 0.6 is 11.8 Å². The highest BCUT2D eigenvalue weighted by atomic mass is 32.2. The first-order valence-corrected chi connectivity index (χ1v) is 10.4. The van der Waals surface area contributed by atoms with Crippen LogP contribution in [0.4, 0.5) is 0 Å². The number of fused-ring (bicyclic) bond motifs is 2. The first kappa shape index (κ1) is 23.0. The van der Waals surface area contributed by atoms with Crippen molar-refractivity contribution < 1.29 is 29.3 Å². The van der Waals surface area contributed by atoms with Gasteiger partial charge in [-0.2, -0.15) is 0 Å². The average molecular weight is 422 g/mol. The number of ether oxygens (including phenoxy) is 1. The van der Waals surface area contributed by atoms with E-state index in [0.717, 1.165) is 17.7 Å². The smallest absolute Gasteiger partial charge is 0.328 e. The topological polar surface area (TPSA) is 104 Å². The van der Waals surface area contributed by atoms with Crippen LogP contribution < -0.4 is 0 Å². The normalized spacial score (nSPS) is 24.4. The van der Waals surface area contributed by atoms with Crippen LogP contribution in [0, 0.1) is 0 Å². The van der Waals surface area contributed by atoms with Crippen molar-refractivity contribution in [3.8, 4) is 0 Å². The second kappa shape index (κ2) is 11.0. The summed E-state index contributed by atoms with van der Waals surface area (Å²) in [4.78, 5) is 35.0. The predicted octanol–water partition coefficient (Wildman–Crippen LogP) is 3.05. The average Bonchev–Trinajstić information content (AvgIpc) is 2.89.